The first kappa shape index (κ1) is 138. The van der Waals surface area contributed by atoms with E-state index in [9.17, 15) is 42.0 Å². The molecule has 8 aromatic carbocycles. The van der Waals surface area contributed by atoms with Crippen LogP contribution in [0.5, 0.6) is 23.0 Å². The summed E-state index contributed by atoms with van der Waals surface area (Å²) in [6, 6.07) is 46.7. The van der Waals surface area contributed by atoms with Crippen LogP contribution in [0.4, 0.5) is 32.3 Å². The molecule has 146 heavy (non-hydrogen) atoms. The van der Waals surface area contributed by atoms with Gasteiger partial charge in [0.25, 0.3) is 0 Å². The molecule has 8 rings (SSSR count). The zero-order chi connectivity index (χ0) is 110. The highest BCUT2D eigenvalue weighted by molar-refractivity contribution is 7.88. The van der Waals surface area contributed by atoms with Gasteiger partial charge in [-0.05, 0) is 204 Å². The summed E-state index contributed by atoms with van der Waals surface area (Å²) in [4.78, 5) is 88.0. The Morgan fingerprint density at radius 2 is 0.671 bits per heavy atom. The minimum atomic E-state index is -3.86. The summed E-state index contributed by atoms with van der Waals surface area (Å²) in [6.07, 6.45) is -0.0346. The van der Waals surface area contributed by atoms with Crippen molar-refractivity contribution in [3.8, 4) is 23.0 Å². The van der Waals surface area contributed by atoms with Crippen molar-refractivity contribution in [2.45, 2.75) is 190 Å². The fourth-order valence-electron chi connectivity index (χ4n) is 12.9. The molecule has 44 heteroatoms. The number of anilines is 4. The number of carbonyl (C=O) groups excluding carboxylic acids is 7. The molecule has 0 aliphatic heterocycles. The van der Waals surface area contributed by atoms with Gasteiger partial charge in [0.2, 0.25) is 10.0 Å². The highest BCUT2D eigenvalue weighted by Crippen LogP contribution is 2.46. The third kappa shape index (κ3) is 48.3. The number of esters is 1. The van der Waals surface area contributed by atoms with Crippen molar-refractivity contribution in [2.24, 2.45) is 0 Å². The minimum absolute atomic E-state index is 0. The number of alkyl halides is 5. The molecular formula is C102H133Cl14N7O20S3. The number of Topliss-reactive ketones (excluding diaryl/α,β-unsaturated/α-hetero) is 4. The van der Waals surface area contributed by atoms with Crippen molar-refractivity contribution < 1.29 is 92.0 Å². The van der Waals surface area contributed by atoms with Crippen LogP contribution in [-0.2, 0) is 91.9 Å². The smallest absolute Gasteiger partial charge is 0.424 e. The molecule has 8 aromatic rings. The molecule has 0 aromatic heterocycles. The lowest BCUT2D eigenvalue weighted by atomic mass is 9.78. The largest absolute Gasteiger partial charge is 0.489 e. The van der Waals surface area contributed by atoms with E-state index in [4.69, 9.17) is 211 Å². The lowest BCUT2D eigenvalue weighted by molar-refractivity contribution is -0.155. The maximum absolute atomic E-state index is 12.5. The summed E-state index contributed by atoms with van der Waals surface area (Å²) in [5, 5.41) is 6.74. The second kappa shape index (κ2) is 64.9. The molecule has 4 N–H and O–H groups in total. The van der Waals surface area contributed by atoms with Crippen LogP contribution in [0.1, 0.15) is 196 Å². The van der Waals surface area contributed by atoms with Gasteiger partial charge in [0.1, 0.15) is 49.8 Å². The number of rotatable bonds is 39. The van der Waals surface area contributed by atoms with Crippen molar-refractivity contribution in [2.75, 3.05) is 137 Å². The Balaban J connectivity index is 0.00000180. The number of ether oxygens (including phenoxy) is 7. The number of hydrogen-bond donors (Lipinski definition) is 3. The molecule has 27 nitrogen and oxygen atoms in total. The third-order valence-electron chi connectivity index (χ3n) is 20.8. The van der Waals surface area contributed by atoms with Crippen LogP contribution in [0.2, 0.25) is 40.2 Å². The van der Waals surface area contributed by atoms with Gasteiger partial charge < -0.3 is 58.9 Å². The first-order valence-electron chi connectivity index (χ1n) is 44.5. The number of amides is 2. The van der Waals surface area contributed by atoms with Crippen LogP contribution in [0.3, 0.4) is 0 Å². The molecule has 0 aliphatic rings. The maximum atomic E-state index is 12.5. The Labute approximate surface area is 936 Å². The lowest BCUT2D eigenvalue weighted by Crippen LogP contribution is -2.43. The monoisotopic (exact) mass is 2360 g/mol. The van der Waals surface area contributed by atoms with Gasteiger partial charge >= 0.3 is 40.2 Å². The maximum Gasteiger partial charge on any atom is 0.424 e. The van der Waals surface area contributed by atoms with E-state index >= 15 is 0 Å². The Bertz CT molecular complexity index is 5760. The summed E-state index contributed by atoms with van der Waals surface area (Å²) in [5.74, 6) is 1.96. The van der Waals surface area contributed by atoms with Gasteiger partial charge in [-0.2, -0.15) is 25.9 Å². The fraction of sp³-hybridized carbons (Fsp3) is 0.461. The average molecular weight is 2370 g/mol. The zero-order valence-electron chi connectivity index (χ0n) is 85.0. The number of likely N-dealkylation sites (N-methyl/N-ethyl adjacent to an activating group) is 3. The van der Waals surface area contributed by atoms with E-state index in [1.165, 1.54) is 4.90 Å². The second-order valence-electron chi connectivity index (χ2n) is 37.2. The number of carbonyl (C=O) groups is 7. The van der Waals surface area contributed by atoms with Crippen molar-refractivity contribution in [3.63, 3.8) is 0 Å². The quantitative estimate of drug-likeness (QED) is 0.0139. The molecular weight excluding hydrogens is 2240 g/mol. The van der Waals surface area contributed by atoms with Crippen molar-refractivity contribution in [1.29, 1.82) is 4.78 Å². The SMILES string of the molecule is C.CC(C)(C)OC(=O)CCC(=O)CNc1ccc(C(C)(C)c2cc(Cl)c(OCCCl)c(Cl)c2)cc1.CC(C)(C)OC(=O)N(CC(=O)CCl)S(C)(=O)=O.CC(C)(c1ccc(N)cc1)c1cc(Cl)c(OCCCl)c(Cl)c1.CCC(=O)CN(C)c1ccc(C(C)(C)c2cc(Cl)c(OCCCl)c(Cl)c2)cc1.CN(CC(=O)CN(C)c1ccc(C(C)(C)c2cc(Cl)c(OCCCl)c(Cl)c2)cc1)C(=O)OC(C)(C)C.Cl.N=S(=O)=O.O=S=O. The molecule has 0 saturated heterocycles. The van der Waals surface area contributed by atoms with E-state index in [2.05, 4.69) is 72.8 Å². The number of halogens is 14. The van der Waals surface area contributed by atoms with Gasteiger partial charge in [0.05, 0.1) is 108 Å². The first-order chi connectivity index (χ1) is 66.7. The van der Waals surface area contributed by atoms with Gasteiger partial charge in [-0.3, -0.25) is 24.0 Å². The number of nitrogens with one attached hydrogen (secondary N) is 2. The van der Waals surface area contributed by atoms with Crippen LogP contribution in [0.25, 0.3) is 0 Å². The number of nitrogens with zero attached hydrogens (tertiary/aromatic N) is 4. The standard InChI is InChI=1S/C27H35Cl3N2O4.C26H32Cl3NO4.C22H26Cl3NO2.C17H18Cl3NO.C9H16ClNO5S.CH4.ClH.HNO2S.O2S/c1-26(2,3)36-25(34)32(7)17-21(33)16-31(6)20-10-8-18(9-11-20)27(4,5)19-14-22(29)24(23(30)15-19)35-13-12-28;1-25(2,3)34-23(32)11-10-20(31)16-30-19-8-6-17(7-9-19)26(4,5)18-14-21(28)24(22(29)15-18)33-13-12-27;1-5-18(27)14-26(4)17-8-6-15(7-9-17)22(2,3)16-12-19(24)21(20(25)13-16)28-11-10-23;1-17(2,11-3-5-13(21)6-4-11)12-9-14(19)16(15(20)10-12)22-8-7-18;1-9(2,3)16-8(13)11(17(4,14)15)6-7(12)5-10;;;1-4(2)3;1-3-2/h8-11,14-15H,12-13,16-17H2,1-7H3;6-9,14-15,30H,10-13,16H2,1-5H3;6-9,12-13H,5,10-11,14H2,1-4H3;3-6,9-10H,7-8,21H2,1-2H3;5-6H2,1-4H3;1H4;1H;1H;. The summed E-state index contributed by atoms with van der Waals surface area (Å²) >= 11 is 78.4. The molecule has 0 aliphatic carbocycles. The highest BCUT2D eigenvalue weighted by atomic mass is 35.5. The molecule has 0 heterocycles. The number of benzene rings is 8. The normalized spacial score (nSPS) is 11.2. The molecule has 0 fully saturated rings. The molecule has 2 amide bonds. The van der Waals surface area contributed by atoms with E-state index in [-0.39, 0.29) is 103 Å². The van der Waals surface area contributed by atoms with E-state index in [1.54, 1.807) is 69.4 Å². The Kier molecular flexibility index (Phi) is 61.4. The van der Waals surface area contributed by atoms with Gasteiger partial charge in [-0.15, -0.1) is 70.4 Å². The summed E-state index contributed by atoms with van der Waals surface area (Å²) < 4.78 is 100. The van der Waals surface area contributed by atoms with Gasteiger partial charge in [0.15, 0.2) is 46.1 Å². The predicted octanol–water partition coefficient (Wildman–Crippen LogP) is 26.7. The van der Waals surface area contributed by atoms with Gasteiger partial charge in [-0.1, -0.05) is 211 Å². The summed E-state index contributed by atoms with van der Waals surface area (Å²) in [7, 11) is -1.16. The molecule has 0 unspecified atom stereocenters. The molecule has 0 spiro atoms. The number of ketones is 4. The van der Waals surface area contributed by atoms with Crippen LogP contribution >= 0.6 is 163 Å². The summed E-state index contributed by atoms with van der Waals surface area (Å²) in [5.41, 5.74) is 14.1. The third-order valence-corrected chi connectivity index (χ3v) is 25.0. The van der Waals surface area contributed by atoms with Crippen molar-refractivity contribution in [3.05, 3.63) is 230 Å². The number of nitrogens with two attached hydrogens (primary N) is 1. The predicted molar refractivity (Wildman–Crippen MR) is 602 cm³/mol. The topological polar surface area (TPSA) is 361 Å². The molecule has 0 atom stereocenters. The van der Waals surface area contributed by atoms with Gasteiger partial charge in [0, 0.05) is 78.4 Å². The zero-order valence-corrected chi connectivity index (χ0v) is 98.0. The van der Waals surface area contributed by atoms with Crippen molar-refractivity contribution >= 4 is 259 Å². The van der Waals surface area contributed by atoms with Crippen LogP contribution < -0.4 is 39.8 Å². The van der Waals surface area contributed by atoms with Crippen LogP contribution in [-0.4, -0.2) is 209 Å². The molecule has 0 radical (unpaired) electrons. The van der Waals surface area contributed by atoms with E-state index in [0.29, 0.717) is 130 Å². The van der Waals surface area contributed by atoms with E-state index in [0.717, 1.165) is 73.5 Å². The number of hydrogen-bond acceptors (Lipinski definition) is 25. The Morgan fingerprint density at radius 1 is 0.404 bits per heavy atom. The second-order valence-corrected chi connectivity index (χ2v) is 44.8. The Hall–Kier alpha value is -7.70. The van der Waals surface area contributed by atoms with Gasteiger partial charge in [-0.25, -0.2) is 18.0 Å². The van der Waals surface area contributed by atoms with Crippen molar-refractivity contribution in [1.82, 2.24) is 9.21 Å². The minimum Gasteiger partial charge on any atom is -0.489 e. The van der Waals surface area contributed by atoms with E-state index in [1.807, 2.05) is 164 Å². The number of nitrogen functional groups attached to an aromatic ring is 1. The Morgan fingerprint density at radius 3 is 0.932 bits per heavy atom. The van der Waals surface area contributed by atoms with E-state index < -0.39 is 73.4 Å². The summed E-state index contributed by atoms with van der Waals surface area (Å²) in [6.45, 7) is 35.6. The fourth-order valence-corrected chi connectivity index (χ4v) is 16.4. The molecule has 0 saturated carbocycles. The van der Waals surface area contributed by atoms with Crippen LogP contribution in [0.15, 0.2) is 146 Å². The highest BCUT2D eigenvalue weighted by Gasteiger charge is 2.34. The number of sulfonamides is 1. The lowest BCUT2D eigenvalue weighted by Gasteiger charge is -2.28. The molecule has 812 valence electrons. The molecule has 0 bridgehead atoms. The average Bonchev–Trinajstić information content (AvgIpc) is 0.436. The first-order valence-corrected chi connectivity index (χ1v) is 53.7. The van der Waals surface area contributed by atoms with Crippen LogP contribution in [0, 0.1) is 4.78 Å².